The van der Waals surface area contributed by atoms with Gasteiger partial charge in [-0.1, -0.05) is 41.9 Å². The van der Waals surface area contributed by atoms with Gasteiger partial charge in [0.25, 0.3) is 0 Å². The summed E-state index contributed by atoms with van der Waals surface area (Å²) in [5.74, 6) is -0.0312. The quantitative estimate of drug-likeness (QED) is 0.644. The molecule has 0 atom stereocenters. The van der Waals surface area contributed by atoms with E-state index in [1.165, 1.54) is 6.07 Å². The van der Waals surface area contributed by atoms with Crippen LogP contribution in [0.3, 0.4) is 0 Å². The van der Waals surface area contributed by atoms with E-state index in [0.29, 0.717) is 11.6 Å². The number of hydrogen-bond acceptors (Lipinski definition) is 3. The van der Waals surface area contributed by atoms with Gasteiger partial charge in [-0.25, -0.2) is 13.6 Å². The highest BCUT2D eigenvalue weighted by Crippen LogP contribution is 2.32. The van der Waals surface area contributed by atoms with Gasteiger partial charge >= 0.3 is 0 Å². The van der Waals surface area contributed by atoms with Crippen molar-refractivity contribution in [2.45, 2.75) is 31.2 Å². The molecular formula is C23H21ClN2O3S. The van der Waals surface area contributed by atoms with Crippen LogP contribution in [0.15, 0.2) is 65.6 Å². The summed E-state index contributed by atoms with van der Waals surface area (Å²) in [7, 11) is -3.77. The van der Waals surface area contributed by atoms with Crippen molar-refractivity contribution in [1.29, 1.82) is 0 Å². The summed E-state index contributed by atoms with van der Waals surface area (Å²) in [5.41, 5.74) is 5.79. The molecular weight excluding hydrogens is 420 g/mol. The number of rotatable bonds is 2. The van der Waals surface area contributed by atoms with Crippen molar-refractivity contribution in [3.63, 3.8) is 0 Å². The molecule has 0 spiro atoms. The molecule has 2 N–H and O–H groups in total. The van der Waals surface area contributed by atoms with Crippen LogP contribution >= 0.6 is 11.6 Å². The van der Waals surface area contributed by atoms with Crippen LogP contribution in [-0.2, 0) is 34.2 Å². The minimum atomic E-state index is -3.77. The number of nitrogens with two attached hydrogens (primary N) is 1. The first-order valence-electron chi connectivity index (χ1n) is 9.54. The summed E-state index contributed by atoms with van der Waals surface area (Å²) in [4.78, 5) is 14.2. The van der Waals surface area contributed by atoms with Crippen LogP contribution < -0.4 is 10.0 Å². The van der Waals surface area contributed by atoms with E-state index in [2.05, 4.69) is 6.07 Å². The molecule has 0 unspecified atom stereocenters. The van der Waals surface area contributed by atoms with Crippen molar-refractivity contribution in [3.05, 3.63) is 82.4 Å². The molecule has 0 fully saturated rings. The molecule has 1 heterocycles. The molecule has 1 aliphatic heterocycles. The maximum Gasteiger partial charge on any atom is 0.238 e. The number of carbonyl (C=O) groups is 1. The number of aryl methyl sites for hydroxylation is 2. The van der Waals surface area contributed by atoms with Crippen LogP contribution in [0.1, 0.15) is 23.6 Å². The number of sulfonamides is 1. The van der Waals surface area contributed by atoms with E-state index < -0.39 is 10.0 Å². The maximum atomic E-state index is 12.4. The Kier molecular flexibility index (Phi) is 5.40. The van der Waals surface area contributed by atoms with E-state index in [0.717, 1.165) is 46.3 Å². The average Bonchev–Trinajstić information content (AvgIpc) is 2.69. The fourth-order valence-corrected chi connectivity index (χ4v) is 4.62. The monoisotopic (exact) mass is 440 g/mol. The van der Waals surface area contributed by atoms with Gasteiger partial charge < -0.3 is 4.90 Å². The van der Waals surface area contributed by atoms with Crippen molar-refractivity contribution < 1.29 is 13.2 Å². The van der Waals surface area contributed by atoms with E-state index in [9.17, 15) is 13.2 Å². The van der Waals surface area contributed by atoms with Gasteiger partial charge in [0.1, 0.15) is 0 Å². The van der Waals surface area contributed by atoms with Gasteiger partial charge in [-0.2, -0.15) is 0 Å². The average molecular weight is 441 g/mol. The highest BCUT2D eigenvalue weighted by atomic mass is 35.5. The molecule has 4 rings (SSSR count). The summed E-state index contributed by atoms with van der Waals surface area (Å²) < 4.78 is 23.4. The minimum absolute atomic E-state index is 0.0312. The lowest BCUT2D eigenvalue weighted by atomic mass is 9.92. The third kappa shape index (κ3) is 4.12. The first-order valence-corrected chi connectivity index (χ1v) is 11.5. The van der Waals surface area contributed by atoms with Crippen molar-refractivity contribution >= 4 is 33.2 Å². The van der Waals surface area contributed by atoms with Crippen molar-refractivity contribution in [3.8, 4) is 11.1 Å². The third-order valence-electron chi connectivity index (χ3n) is 5.41. The van der Waals surface area contributed by atoms with E-state index >= 15 is 0 Å². The van der Waals surface area contributed by atoms with Gasteiger partial charge in [0.15, 0.2) is 0 Å². The molecule has 0 aliphatic carbocycles. The lowest BCUT2D eigenvalue weighted by Crippen LogP contribution is -2.30. The van der Waals surface area contributed by atoms with Crippen LogP contribution in [0, 0.1) is 0 Å². The number of anilines is 1. The minimum Gasteiger partial charge on any atom is -0.308 e. The molecule has 0 bridgehead atoms. The first kappa shape index (κ1) is 20.6. The number of amides is 1. The Hall–Kier alpha value is -2.67. The van der Waals surface area contributed by atoms with Gasteiger partial charge in [0.2, 0.25) is 15.9 Å². The number of hydrogen-bond donors (Lipinski definition) is 1. The van der Waals surface area contributed by atoms with Gasteiger partial charge in [0, 0.05) is 17.6 Å². The normalized spacial score (nSPS) is 13.8. The van der Waals surface area contributed by atoms with Gasteiger partial charge in [0.05, 0.1) is 11.4 Å². The first-order chi connectivity index (χ1) is 14.2. The van der Waals surface area contributed by atoms with Gasteiger partial charge in [-0.15, -0.1) is 0 Å². The number of carbonyl (C=O) groups excluding carboxylic acids is 1. The number of primary sulfonamides is 1. The van der Waals surface area contributed by atoms with Crippen LogP contribution in [0.25, 0.3) is 11.1 Å². The lowest BCUT2D eigenvalue weighted by Gasteiger charge is -2.28. The summed E-state index contributed by atoms with van der Waals surface area (Å²) in [5, 5.41) is 5.92. The standard InChI is InChI=1S/C23H21ClN2O3S/c1-15(27)26-14-20-8-6-17(16-3-2-4-22(13-16)30(25,28)29)11-18(20)5-7-19-12-21(24)9-10-23(19)26/h2-4,6,8-13H,5,7,14H2,1H3,(H2,25,28,29). The molecule has 0 saturated heterocycles. The zero-order valence-corrected chi connectivity index (χ0v) is 18.0. The molecule has 0 saturated carbocycles. The second-order valence-corrected chi connectivity index (χ2v) is 9.43. The molecule has 7 heteroatoms. The fourth-order valence-electron chi connectivity index (χ4n) is 3.87. The molecule has 5 nitrogen and oxygen atoms in total. The smallest absolute Gasteiger partial charge is 0.238 e. The molecule has 3 aromatic rings. The van der Waals surface area contributed by atoms with E-state index in [4.69, 9.17) is 16.7 Å². The van der Waals surface area contributed by atoms with Crippen LogP contribution in [0.5, 0.6) is 0 Å². The highest BCUT2D eigenvalue weighted by molar-refractivity contribution is 7.89. The Balaban J connectivity index is 1.76. The second kappa shape index (κ2) is 7.87. The lowest BCUT2D eigenvalue weighted by molar-refractivity contribution is -0.116. The molecule has 154 valence electrons. The molecule has 3 aromatic carbocycles. The zero-order chi connectivity index (χ0) is 21.5. The van der Waals surface area contributed by atoms with E-state index in [1.807, 2.05) is 30.3 Å². The maximum absolute atomic E-state index is 12.4. The number of fused-ring (bicyclic) bond motifs is 2. The largest absolute Gasteiger partial charge is 0.308 e. The summed E-state index contributed by atoms with van der Waals surface area (Å²) in [6, 6.07) is 18.2. The third-order valence-corrected chi connectivity index (χ3v) is 6.55. The predicted molar refractivity (Wildman–Crippen MR) is 119 cm³/mol. The topological polar surface area (TPSA) is 80.5 Å². The van der Waals surface area contributed by atoms with Crippen molar-refractivity contribution in [2.24, 2.45) is 5.14 Å². The number of benzene rings is 3. The Morgan fingerprint density at radius 2 is 1.67 bits per heavy atom. The molecule has 30 heavy (non-hydrogen) atoms. The van der Waals surface area contributed by atoms with Crippen LogP contribution in [0.2, 0.25) is 5.02 Å². The Morgan fingerprint density at radius 1 is 0.933 bits per heavy atom. The van der Waals surface area contributed by atoms with Crippen LogP contribution in [0.4, 0.5) is 5.69 Å². The predicted octanol–water partition coefficient (Wildman–Crippen LogP) is 4.31. The van der Waals surface area contributed by atoms with E-state index in [-0.39, 0.29) is 10.8 Å². The Morgan fingerprint density at radius 3 is 2.40 bits per heavy atom. The van der Waals surface area contributed by atoms with Gasteiger partial charge in [-0.3, -0.25) is 4.79 Å². The van der Waals surface area contributed by atoms with Crippen molar-refractivity contribution in [1.82, 2.24) is 0 Å². The second-order valence-electron chi connectivity index (χ2n) is 7.43. The van der Waals surface area contributed by atoms with Gasteiger partial charge in [-0.05, 0) is 71.0 Å². The zero-order valence-electron chi connectivity index (χ0n) is 16.4. The molecule has 1 amide bonds. The Labute approximate surface area is 181 Å². The van der Waals surface area contributed by atoms with E-state index in [1.54, 1.807) is 30.0 Å². The SMILES string of the molecule is CC(=O)N1Cc2ccc(-c3cccc(S(N)(=O)=O)c3)cc2CCc2cc(Cl)ccc21. The van der Waals surface area contributed by atoms with Crippen LogP contribution in [-0.4, -0.2) is 14.3 Å². The fraction of sp³-hybridized carbons (Fsp3) is 0.174. The number of halogens is 1. The summed E-state index contributed by atoms with van der Waals surface area (Å²) in [6.45, 7) is 2.03. The highest BCUT2D eigenvalue weighted by Gasteiger charge is 2.21. The summed E-state index contributed by atoms with van der Waals surface area (Å²) >= 11 is 6.19. The number of nitrogens with zero attached hydrogens (tertiary/aromatic N) is 1. The molecule has 1 aliphatic rings. The Bertz CT molecular complexity index is 1260. The summed E-state index contributed by atoms with van der Waals surface area (Å²) in [6.07, 6.45) is 1.53. The molecule has 0 aromatic heterocycles. The van der Waals surface area contributed by atoms with Crippen molar-refractivity contribution in [2.75, 3.05) is 4.90 Å². The molecule has 0 radical (unpaired) electrons.